The summed E-state index contributed by atoms with van der Waals surface area (Å²) in [6.07, 6.45) is 0.727. The van der Waals surface area contributed by atoms with Gasteiger partial charge in [-0.05, 0) is 30.2 Å². The molecule has 3 aromatic rings. The molecule has 0 bridgehead atoms. The number of rotatable bonds is 8. The van der Waals surface area contributed by atoms with E-state index in [0.29, 0.717) is 24.2 Å². The Morgan fingerprint density at radius 2 is 1.54 bits per heavy atom. The summed E-state index contributed by atoms with van der Waals surface area (Å²) in [5, 5.41) is 11.6. The minimum absolute atomic E-state index is 0.00188. The number of carbonyl (C=O) groups excluding carboxylic acids is 3. The van der Waals surface area contributed by atoms with Gasteiger partial charge in [0, 0.05) is 19.3 Å². The number of hydrazone groups is 1. The van der Waals surface area contributed by atoms with Crippen LogP contribution in [0.2, 0.25) is 0 Å². The molecule has 1 aliphatic heterocycles. The van der Waals surface area contributed by atoms with E-state index in [1.807, 2.05) is 67.6 Å². The highest BCUT2D eigenvalue weighted by atomic mass is 16.2. The van der Waals surface area contributed by atoms with E-state index in [9.17, 15) is 14.4 Å². The van der Waals surface area contributed by atoms with Gasteiger partial charge in [0.05, 0.1) is 29.5 Å². The molecule has 2 N–H and O–H groups in total. The molecule has 3 amide bonds. The summed E-state index contributed by atoms with van der Waals surface area (Å²) < 4.78 is 0. The SMILES string of the molecule is CC(NC(=O)c1ccccc1NC(=O)CCC(=O)N1CCC(c2ccccc2)=N1)c1ccccc1. The van der Waals surface area contributed by atoms with E-state index >= 15 is 0 Å². The van der Waals surface area contributed by atoms with Crippen LogP contribution in [0.5, 0.6) is 0 Å². The predicted molar refractivity (Wildman–Crippen MR) is 136 cm³/mol. The van der Waals surface area contributed by atoms with Crippen molar-refractivity contribution in [2.24, 2.45) is 5.10 Å². The molecule has 35 heavy (non-hydrogen) atoms. The summed E-state index contributed by atoms with van der Waals surface area (Å²) in [6, 6.07) is 26.1. The van der Waals surface area contributed by atoms with Gasteiger partial charge in [-0.1, -0.05) is 72.8 Å². The fourth-order valence-corrected chi connectivity index (χ4v) is 3.92. The van der Waals surface area contributed by atoms with E-state index in [-0.39, 0.29) is 36.6 Å². The topological polar surface area (TPSA) is 90.9 Å². The molecule has 178 valence electrons. The highest BCUT2D eigenvalue weighted by molar-refractivity contribution is 6.05. The minimum Gasteiger partial charge on any atom is -0.345 e. The van der Waals surface area contributed by atoms with E-state index in [1.165, 1.54) is 5.01 Å². The lowest BCUT2D eigenvalue weighted by Gasteiger charge is -2.16. The highest BCUT2D eigenvalue weighted by Crippen LogP contribution is 2.19. The first-order valence-corrected chi connectivity index (χ1v) is 11.7. The zero-order valence-corrected chi connectivity index (χ0v) is 19.6. The Kier molecular flexibility index (Phi) is 7.67. The van der Waals surface area contributed by atoms with Gasteiger partial charge in [0.1, 0.15) is 0 Å². The third-order valence-corrected chi connectivity index (χ3v) is 5.86. The maximum absolute atomic E-state index is 12.9. The molecule has 1 heterocycles. The van der Waals surface area contributed by atoms with Gasteiger partial charge < -0.3 is 10.6 Å². The Labute approximate surface area is 204 Å². The Bertz CT molecular complexity index is 1230. The van der Waals surface area contributed by atoms with E-state index in [4.69, 9.17) is 0 Å². The van der Waals surface area contributed by atoms with Crippen LogP contribution in [0.1, 0.15) is 53.7 Å². The number of anilines is 1. The summed E-state index contributed by atoms with van der Waals surface area (Å²) >= 11 is 0. The molecule has 7 heteroatoms. The lowest BCUT2D eigenvalue weighted by Crippen LogP contribution is -2.28. The van der Waals surface area contributed by atoms with Crippen molar-refractivity contribution in [3.05, 3.63) is 102 Å². The number of nitrogens with zero attached hydrogens (tertiary/aromatic N) is 2. The lowest BCUT2D eigenvalue weighted by molar-refractivity contribution is -0.132. The van der Waals surface area contributed by atoms with Crippen molar-refractivity contribution in [2.45, 2.75) is 32.2 Å². The molecule has 0 saturated heterocycles. The fraction of sp³-hybridized carbons (Fsp3) is 0.214. The molecule has 1 aliphatic rings. The van der Waals surface area contributed by atoms with Crippen molar-refractivity contribution >= 4 is 29.1 Å². The number of nitrogens with one attached hydrogen (secondary N) is 2. The zero-order valence-electron chi connectivity index (χ0n) is 19.6. The van der Waals surface area contributed by atoms with Crippen LogP contribution in [0.25, 0.3) is 0 Å². The first kappa shape index (κ1) is 23.9. The second-order valence-corrected chi connectivity index (χ2v) is 8.38. The number of carbonyl (C=O) groups is 3. The fourth-order valence-electron chi connectivity index (χ4n) is 3.92. The average Bonchev–Trinajstić information content (AvgIpc) is 3.39. The number of hydrogen-bond acceptors (Lipinski definition) is 4. The maximum atomic E-state index is 12.9. The molecule has 1 atom stereocenters. The van der Waals surface area contributed by atoms with Gasteiger partial charge in [-0.3, -0.25) is 14.4 Å². The molecular weight excluding hydrogens is 440 g/mol. The van der Waals surface area contributed by atoms with Crippen molar-refractivity contribution in [2.75, 3.05) is 11.9 Å². The second kappa shape index (κ2) is 11.2. The molecule has 0 radical (unpaired) electrons. The molecule has 0 saturated carbocycles. The van der Waals surface area contributed by atoms with Gasteiger partial charge in [-0.25, -0.2) is 5.01 Å². The van der Waals surface area contributed by atoms with Crippen molar-refractivity contribution < 1.29 is 14.4 Å². The standard InChI is InChI=1S/C28H28N4O3/c1-20(21-10-4-2-5-11-21)29-28(35)23-14-8-9-15-25(23)30-26(33)16-17-27(34)32-19-18-24(31-32)22-12-6-3-7-13-22/h2-15,20H,16-19H2,1H3,(H,29,35)(H,30,33). The summed E-state index contributed by atoms with van der Waals surface area (Å²) in [6.45, 7) is 2.41. The van der Waals surface area contributed by atoms with Crippen LogP contribution in [0.4, 0.5) is 5.69 Å². The van der Waals surface area contributed by atoms with Gasteiger partial charge >= 0.3 is 0 Å². The number of hydrogen-bond donors (Lipinski definition) is 2. The Balaban J connectivity index is 1.32. The monoisotopic (exact) mass is 468 g/mol. The molecule has 0 aromatic heterocycles. The minimum atomic E-state index is -0.332. The zero-order chi connectivity index (χ0) is 24.6. The van der Waals surface area contributed by atoms with Crippen molar-refractivity contribution in [1.29, 1.82) is 0 Å². The summed E-state index contributed by atoms with van der Waals surface area (Å²) in [4.78, 5) is 38.1. The van der Waals surface area contributed by atoms with Crippen LogP contribution in [0.3, 0.4) is 0 Å². The Morgan fingerprint density at radius 3 is 2.29 bits per heavy atom. The third kappa shape index (κ3) is 6.20. The number of para-hydroxylation sites is 1. The van der Waals surface area contributed by atoms with E-state index in [1.54, 1.807) is 24.3 Å². The molecule has 0 fully saturated rings. The van der Waals surface area contributed by atoms with E-state index in [0.717, 1.165) is 16.8 Å². The maximum Gasteiger partial charge on any atom is 0.253 e. The Hall–Kier alpha value is -4.26. The van der Waals surface area contributed by atoms with Crippen LogP contribution in [-0.4, -0.2) is 35.0 Å². The normalized spacial score (nSPS) is 13.6. The molecule has 7 nitrogen and oxygen atoms in total. The number of amides is 3. The van der Waals surface area contributed by atoms with Crippen LogP contribution < -0.4 is 10.6 Å². The van der Waals surface area contributed by atoms with E-state index in [2.05, 4.69) is 15.7 Å². The molecule has 1 unspecified atom stereocenters. The first-order chi connectivity index (χ1) is 17.0. The van der Waals surface area contributed by atoms with Crippen molar-refractivity contribution in [3.63, 3.8) is 0 Å². The molecule has 0 spiro atoms. The van der Waals surface area contributed by atoms with Crippen molar-refractivity contribution in [3.8, 4) is 0 Å². The summed E-state index contributed by atoms with van der Waals surface area (Å²) in [5.41, 5.74) is 3.63. The summed E-state index contributed by atoms with van der Waals surface area (Å²) in [5.74, 6) is -0.817. The first-order valence-electron chi connectivity index (χ1n) is 11.7. The van der Waals surface area contributed by atoms with Crippen LogP contribution >= 0.6 is 0 Å². The average molecular weight is 469 g/mol. The second-order valence-electron chi connectivity index (χ2n) is 8.38. The van der Waals surface area contributed by atoms with Gasteiger partial charge in [-0.15, -0.1) is 0 Å². The van der Waals surface area contributed by atoms with Crippen molar-refractivity contribution in [1.82, 2.24) is 10.3 Å². The van der Waals surface area contributed by atoms with Gasteiger partial charge in [0.25, 0.3) is 5.91 Å². The highest BCUT2D eigenvalue weighted by Gasteiger charge is 2.22. The van der Waals surface area contributed by atoms with Gasteiger partial charge in [-0.2, -0.15) is 5.10 Å². The quantitative estimate of drug-likeness (QED) is 0.509. The van der Waals surface area contributed by atoms with Crippen LogP contribution in [0.15, 0.2) is 90.0 Å². The molecule has 0 aliphatic carbocycles. The predicted octanol–water partition coefficient (Wildman–Crippen LogP) is 4.53. The lowest BCUT2D eigenvalue weighted by atomic mass is 10.1. The van der Waals surface area contributed by atoms with Crippen LogP contribution in [-0.2, 0) is 9.59 Å². The van der Waals surface area contributed by atoms with Gasteiger partial charge in [0.15, 0.2) is 0 Å². The van der Waals surface area contributed by atoms with Gasteiger partial charge in [0.2, 0.25) is 11.8 Å². The summed E-state index contributed by atoms with van der Waals surface area (Å²) in [7, 11) is 0. The smallest absolute Gasteiger partial charge is 0.253 e. The third-order valence-electron chi connectivity index (χ3n) is 5.86. The largest absolute Gasteiger partial charge is 0.345 e. The van der Waals surface area contributed by atoms with Crippen LogP contribution in [0, 0.1) is 0 Å². The van der Waals surface area contributed by atoms with E-state index < -0.39 is 0 Å². The molecular formula is C28H28N4O3. The molecule has 3 aromatic carbocycles. The Morgan fingerprint density at radius 1 is 0.886 bits per heavy atom. The number of benzene rings is 3. The molecule has 4 rings (SSSR count).